The Morgan fingerprint density at radius 1 is 1.29 bits per heavy atom. The standard InChI is InChI=1S/C14H18N2O5/c1-2-16(8-7-13(18)19)12(17)9-21-11-6-4-3-5-10(11)14(15)20/h3-6H,2,7-9H2,1H3,(H2,15,20)(H,18,19). The van der Waals surface area contributed by atoms with E-state index in [0.29, 0.717) is 6.54 Å². The number of carboxylic acids is 1. The minimum atomic E-state index is -0.971. The van der Waals surface area contributed by atoms with E-state index in [2.05, 4.69) is 0 Å². The van der Waals surface area contributed by atoms with E-state index in [9.17, 15) is 14.4 Å². The summed E-state index contributed by atoms with van der Waals surface area (Å²) in [5.74, 6) is -1.73. The molecule has 114 valence electrons. The van der Waals surface area contributed by atoms with E-state index in [-0.39, 0.29) is 36.8 Å². The van der Waals surface area contributed by atoms with Crippen LogP contribution in [0, 0.1) is 0 Å². The summed E-state index contributed by atoms with van der Waals surface area (Å²) in [6.45, 7) is 1.97. The van der Waals surface area contributed by atoms with Crippen molar-refractivity contribution in [3.63, 3.8) is 0 Å². The van der Waals surface area contributed by atoms with Gasteiger partial charge in [-0.25, -0.2) is 0 Å². The third-order valence-corrected chi connectivity index (χ3v) is 2.83. The summed E-state index contributed by atoms with van der Waals surface area (Å²) in [4.78, 5) is 35.0. The number of para-hydroxylation sites is 1. The number of amides is 2. The van der Waals surface area contributed by atoms with Crippen molar-refractivity contribution in [1.82, 2.24) is 4.90 Å². The van der Waals surface area contributed by atoms with Crippen LogP contribution in [0.5, 0.6) is 5.75 Å². The van der Waals surface area contributed by atoms with Crippen LogP contribution in [0.25, 0.3) is 0 Å². The first-order chi connectivity index (χ1) is 9.95. The molecule has 0 aromatic heterocycles. The largest absolute Gasteiger partial charge is 0.483 e. The van der Waals surface area contributed by atoms with Crippen molar-refractivity contribution in [2.75, 3.05) is 19.7 Å². The van der Waals surface area contributed by atoms with Crippen LogP contribution in [0.1, 0.15) is 23.7 Å². The molecule has 0 aliphatic rings. The third kappa shape index (κ3) is 5.13. The molecule has 1 aromatic carbocycles. The van der Waals surface area contributed by atoms with Gasteiger partial charge in [0.15, 0.2) is 6.61 Å². The van der Waals surface area contributed by atoms with E-state index in [1.807, 2.05) is 0 Å². The van der Waals surface area contributed by atoms with Crippen molar-refractivity contribution >= 4 is 17.8 Å². The highest BCUT2D eigenvalue weighted by atomic mass is 16.5. The number of likely N-dealkylation sites (N-methyl/N-ethyl adjacent to an activating group) is 1. The summed E-state index contributed by atoms with van der Waals surface area (Å²) in [5.41, 5.74) is 5.40. The van der Waals surface area contributed by atoms with Crippen molar-refractivity contribution in [2.45, 2.75) is 13.3 Å². The Morgan fingerprint density at radius 3 is 2.52 bits per heavy atom. The molecule has 0 atom stereocenters. The number of nitrogens with two attached hydrogens (primary N) is 1. The third-order valence-electron chi connectivity index (χ3n) is 2.83. The Labute approximate surface area is 122 Å². The molecule has 0 saturated carbocycles. The monoisotopic (exact) mass is 294 g/mol. The van der Waals surface area contributed by atoms with Crippen LogP contribution in [0.4, 0.5) is 0 Å². The number of carbonyl (C=O) groups is 3. The number of carboxylic acid groups (broad SMARTS) is 1. The molecule has 0 spiro atoms. The summed E-state index contributed by atoms with van der Waals surface area (Å²) in [7, 11) is 0. The maximum Gasteiger partial charge on any atom is 0.305 e. The zero-order valence-corrected chi connectivity index (χ0v) is 11.7. The van der Waals surface area contributed by atoms with E-state index in [0.717, 1.165) is 0 Å². The van der Waals surface area contributed by atoms with Crippen molar-refractivity contribution in [3.05, 3.63) is 29.8 Å². The molecule has 1 aromatic rings. The van der Waals surface area contributed by atoms with Crippen LogP contribution in [-0.4, -0.2) is 47.5 Å². The molecule has 7 heteroatoms. The molecule has 3 N–H and O–H groups in total. The fraction of sp³-hybridized carbons (Fsp3) is 0.357. The van der Waals surface area contributed by atoms with Gasteiger partial charge in [0, 0.05) is 13.1 Å². The molecule has 7 nitrogen and oxygen atoms in total. The van der Waals surface area contributed by atoms with Gasteiger partial charge in [0.05, 0.1) is 12.0 Å². The summed E-state index contributed by atoms with van der Waals surface area (Å²) in [6, 6.07) is 6.35. The first-order valence-electron chi connectivity index (χ1n) is 6.47. The lowest BCUT2D eigenvalue weighted by Gasteiger charge is -2.20. The number of nitrogens with zero attached hydrogens (tertiary/aromatic N) is 1. The van der Waals surface area contributed by atoms with Gasteiger partial charge in [-0.1, -0.05) is 12.1 Å². The number of primary amides is 1. The van der Waals surface area contributed by atoms with Crippen molar-refractivity contribution in [3.8, 4) is 5.75 Å². The highest BCUT2D eigenvalue weighted by Gasteiger charge is 2.15. The summed E-state index contributed by atoms with van der Waals surface area (Å²) in [5, 5.41) is 8.62. The zero-order chi connectivity index (χ0) is 15.8. The van der Waals surface area contributed by atoms with Crippen LogP contribution in [-0.2, 0) is 9.59 Å². The SMILES string of the molecule is CCN(CCC(=O)O)C(=O)COc1ccccc1C(N)=O. The average Bonchev–Trinajstić information content (AvgIpc) is 2.45. The minimum Gasteiger partial charge on any atom is -0.483 e. The maximum atomic E-state index is 11.9. The lowest BCUT2D eigenvalue weighted by atomic mass is 10.2. The first-order valence-corrected chi connectivity index (χ1v) is 6.47. The van der Waals surface area contributed by atoms with Crippen LogP contribution in [0.3, 0.4) is 0 Å². The number of benzene rings is 1. The smallest absolute Gasteiger partial charge is 0.305 e. The molecular weight excluding hydrogens is 276 g/mol. The Bertz CT molecular complexity index is 530. The maximum absolute atomic E-state index is 11.9. The highest BCUT2D eigenvalue weighted by Crippen LogP contribution is 2.17. The van der Waals surface area contributed by atoms with Crippen LogP contribution < -0.4 is 10.5 Å². The molecule has 0 bridgehead atoms. The number of aliphatic carboxylic acids is 1. The van der Waals surface area contributed by atoms with Gasteiger partial charge in [-0.3, -0.25) is 14.4 Å². The number of carbonyl (C=O) groups excluding carboxylic acids is 2. The molecule has 2 amide bonds. The quantitative estimate of drug-likeness (QED) is 0.725. The van der Waals surface area contributed by atoms with E-state index in [4.69, 9.17) is 15.6 Å². The van der Waals surface area contributed by atoms with Crippen LogP contribution >= 0.6 is 0 Å². The number of rotatable bonds is 8. The van der Waals surface area contributed by atoms with Crippen LogP contribution in [0.15, 0.2) is 24.3 Å². The molecule has 1 rings (SSSR count). The van der Waals surface area contributed by atoms with E-state index in [1.165, 1.54) is 11.0 Å². The molecule has 0 radical (unpaired) electrons. The summed E-state index contributed by atoms with van der Waals surface area (Å²) in [6.07, 6.45) is -0.128. The predicted octanol–water partition coefficient (Wildman–Crippen LogP) is 0.487. The topological polar surface area (TPSA) is 110 Å². The van der Waals surface area contributed by atoms with E-state index in [1.54, 1.807) is 25.1 Å². The van der Waals surface area contributed by atoms with E-state index >= 15 is 0 Å². The minimum absolute atomic E-state index is 0.117. The normalized spacial score (nSPS) is 9.95. The average molecular weight is 294 g/mol. The van der Waals surface area contributed by atoms with Crippen LogP contribution in [0.2, 0.25) is 0 Å². The fourth-order valence-corrected chi connectivity index (χ4v) is 1.72. The van der Waals surface area contributed by atoms with Gasteiger partial charge in [0.1, 0.15) is 5.75 Å². The van der Waals surface area contributed by atoms with Gasteiger partial charge in [0.25, 0.3) is 11.8 Å². The molecule has 0 aliphatic heterocycles. The number of ether oxygens (including phenoxy) is 1. The molecular formula is C14H18N2O5. The van der Waals surface area contributed by atoms with Gasteiger partial charge in [-0.2, -0.15) is 0 Å². The number of hydrogen-bond donors (Lipinski definition) is 2. The van der Waals surface area contributed by atoms with Gasteiger partial charge in [-0.05, 0) is 19.1 Å². The second kappa shape index (κ2) is 7.88. The zero-order valence-electron chi connectivity index (χ0n) is 11.7. The summed E-state index contributed by atoms with van der Waals surface area (Å²) < 4.78 is 5.31. The van der Waals surface area contributed by atoms with Gasteiger partial charge in [0.2, 0.25) is 0 Å². The van der Waals surface area contributed by atoms with Gasteiger partial charge < -0.3 is 20.5 Å². The fourth-order valence-electron chi connectivity index (χ4n) is 1.72. The molecule has 0 heterocycles. The lowest BCUT2D eigenvalue weighted by Crippen LogP contribution is -2.36. The second-order valence-electron chi connectivity index (χ2n) is 4.27. The molecule has 0 saturated heterocycles. The summed E-state index contributed by atoms with van der Waals surface area (Å²) >= 11 is 0. The predicted molar refractivity (Wildman–Crippen MR) is 75.0 cm³/mol. The van der Waals surface area contributed by atoms with Gasteiger partial charge in [-0.15, -0.1) is 0 Å². The second-order valence-corrected chi connectivity index (χ2v) is 4.27. The van der Waals surface area contributed by atoms with Crippen molar-refractivity contribution in [2.24, 2.45) is 5.73 Å². The highest BCUT2D eigenvalue weighted by molar-refractivity contribution is 5.95. The van der Waals surface area contributed by atoms with E-state index < -0.39 is 11.9 Å². The van der Waals surface area contributed by atoms with Crippen molar-refractivity contribution in [1.29, 1.82) is 0 Å². The Hall–Kier alpha value is -2.57. The van der Waals surface area contributed by atoms with Gasteiger partial charge >= 0.3 is 5.97 Å². The first kappa shape index (κ1) is 16.5. The molecule has 21 heavy (non-hydrogen) atoms. The molecule has 0 fully saturated rings. The molecule has 0 unspecified atom stereocenters. The van der Waals surface area contributed by atoms with Crippen molar-refractivity contribution < 1.29 is 24.2 Å². The lowest BCUT2D eigenvalue weighted by molar-refractivity contribution is -0.139. The Kier molecular flexibility index (Phi) is 6.19. The Morgan fingerprint density at radius 2 is 1.95 bits per heavy atom. The molecule has 0 aliphatic carbocycles. The Balaban J connectivity index is 2.63. The number of hydrogen-bond acceptors (Lipinski definition) is 4.